The van der Waals surface area contributed by atoms with Crippen molar-refractivity contribution >= 4 is 41.1 Å². The Morgan fingerprint density at radius 2 is 2.10 bits per heavy atom. The molecule has 0 atom stereocenters. The highest BCUT2D eigenvalue weighted by molar-refractivity contribution is 8.03. The van der Waals surface area contributed by atoms with Gasteiger partial charge < -0.3 is 14.3 Å². The molecule has 0 radical (unpaired) electrons. The number of carbonyl (C=O) groups is 1. The maximum atomic E-state index is 11.6. The lowest BCUT2D eigenvalue weighted by Crippen LogP contribution is -1.97. The average Bonchev–Trinajstić information content (AvgIpc) is 3.16. The third kappa shape index (κ3) is 4.92. The van der Waals surface area contributed by atoms with E-state index in [2.05, 4.69) is 10.2 Å². The van der Waals surface area contributed by atoms with E-state index in [9.17, 15) is 20.0 Å². The molecule has 0 saturated heterocycles. The van der Waals surface area contributed by atoms with Crippen molar-refractivity contribution in [2.45, 2.75) is 5.22 Å². The van der Waals surface area contributed by atoms with Crippen molar-refractivity contribution in [3.05, 3.63) is 68.1 Å². The maximum absolute atomic E-state index is 11.6. The number of benzene rings is 2. The van der Waals surface area contributed by atoms with Crippen LogP contribution in [0, 0.1) is 10.1 Å². The fourth-order valence-electron chi connectivity index (χ4n) is 2.32. The summed E-state index contributed by atoms with van der Waals surface area (Å²) in [5.41, 5.74) is 0.654. The number of halogens is 1. The van der Waals surface area contributed by atoms with Gasteiger partial charge in [0.05, 0.1) is 17.6 Å². The minimum absolute atomic E-state index is 0.0268. The monoisotopic (exact) mass is 433 g/mol. The molecule has 1 heterocycles. The summed E-state index contributed by atoms with van der Waals surface area (Å²) in [7, 11) is 1.48. The Kier molecular flexibility index (Phi) is 6.15. The Hall–Kier alpha value is -3.37. The van der Waals surface area contributed by atoms with Crippen LogP contribution in [0.1, 0.15) is 5.56 Å². The number of hydrogen-bond donors (Lipinski definition) is 1. The Labute approximate surface area is 173 Å². The number of carboxylic acids is 1. The Morgan fingerprint density at radius 1 is 1.31 bits per heavy atom. The maximum Gasteiger partial charge on any atom is 0.342 e. The molecule has 0 bridgehead atoms. The molecule has 9 nitrogen and oxygen atoms in total. The Morgan fingerprint density at radius 3 is 2.79 bits per heavy atom. The van der Waals surface area contributed by atoms with Crippen LogP contribution in [0.2, 0.25) is 5.02 Å². The van der Waals surface area contributed by atoms with Crippen molar-refractivity contribution in [3.8, 4) is 17.2 Å². The van der Waals surface area contributed by atoms with E-state index in [0.717, 1.165) is 0 Å². The van der Waals surface area contributed by atoms with Crippen LogP contribution >= 0.6 is 23.4 Å². The highest BCUT2D eigenvalue weighted by atomic mass is 35.5. The van der Waals surface area contributed by atoms with Crippen LogP contribution in [-0.2, 0) is 4.79 Å². The summed E-state index contributed by atoms with van der Waals surface area (Å²) in [5, 5.41) is 28.5. The first-order valence-corrected chi connectivity index (χ1v) is 9.11. The summed E-state index contributed by atoms with van der Waals surface area (Å²) in [6.07, 6.45) is 1.28. The van der Waals surface area contributed by atoms with Gasteiger partial charge in [-0.25, -0.2) is 4.79 Å². The molecular formula is C18H12ClN3O6S. The lowest BCUT2D eigenvalue weighted by molar-refractivity contribution is -0.384. The van der Waals surface area contributed by atoms with Crippen molar-refractivity contribution in [1.29, 1.82) is 0 Å². The zero-order chi connectivity index (χ0) is 21.0. The topological polar surface area (TPSA) is 129 Å². The van der Waals surface area contributed by atoms with Gasteiger partial charge in [-0.2, -0.15) is 0 Å². The normalized spacial score (nSPS) is 11.3. The van der Waals surface area contributed by atoms with Gasteiger partial charge in [0, 0.05) is 17.2 Å². The number of rotatable bonds is 7. The van der Waals surface area contributed by atoms with Gasteiger partial charge in [0.2, 0.25) is 0 Å². The van der Waals surface area contributed by atoms with Crippen molar-refractivity contribution in [1.82, 2.24) is 10.2 Å². The molecule has 148 valence electrons. The van der Waals surface area contributed by atoms with E-state index in [1.165, 1.54) is 31.4 Å². The van der Waals surface area contributed by atoms with Crippen molar-refractivity contribution < 1.29 is 24.0 Å². The van der Waals surface area contributed by atoms with Gasteiger partial charge in [0.1, 0.15) is 10.7 Å². The number of hydrogen-bond acceptors (Lipinski definition) is 8. The first kappa shape index (κ1) is 20.4. The number of aliphatic carboxylic acids is 1. The van der Waals surface area contributed by atoms with Gasteiger partial charge in [-0.15, -0.1) is 10.2 Å². The van der Waals surface area contributed by atoms with Crippen molar-refractivity contribution in [2.24, 2.45) is 0 Å². The van der Waals surface area contributed by atoms with Crippen molar-refractivity contribution in [2.75, 3.05) is 7.11 Å². The number of ether oxygens (including phenoxy) is 1. The van der Waals surface area contributed by atoms with E-state index < -0.39 is 10.9 Å². The number of methoxy groups -OCH3 is 1. The lowest BCUT2D eigenvalue weighted by Gasteiger charge is -2.04. The number of nitro groups is 1. The van der Waals surface area contributed by atoms with Gasteiger partial charge >= 0.3 is 5.97 Å². The average molecular weight is 434 g/mol. The largest absolute Gasteiger partial charge is 0.496 e. The summed E-state index contributed by atoms with van der Waals surface area (Å²) in [4.78, 5) is 21.8. The SMILES string of the molecule is COc1ccc(Cl)cc1-c1nnc(S/C(=C\c2cccc([N+](=O)[O-])c2)C(=O)O)o1. The zero-order valence-electron chi connectivity index (χ0n) is 14.7. The second-order valence-corrected chi connectivity index (χ2v) is 6.92. The molecule has 0 aliphatic rings. The predicted molar refractivity (Wildman–Crippen MR) is 106 cm³/mol. The Balaban J connectivity index is 1.90. The highest BCUT2D eigenvalue weighted by Crippen LogP contribution is 2.35. The quantitative estimate of drug-likeness (QED) is 0.247. The summed E-state index contributed by atoms with van der Waals surface area (Å²) in [6.45, 7) is 0. The fourth-order valence-corrected chi connectivity index (χ4v) is 3.16. The second-order valence-electron chi connectivity index (χ2n) is 5.49. The highest BCUT2D eigenvalue weighted by Gasteiger charge is 2.18. The molecule has 0 saturated carbocycles. The van der Waals surface area contributed by atoms with E-state index in [0.29, 0.717) is 33.7 Å². The van der Waals surface area contributed by atoms with E-state index in [1.807, 2.05) is 0 Å². The summed E-state index contributed by atoms with van der Waals surface area (Å²) >= 11 is 6.71. The van der Waals surface area contributed by atoms with E-state index in [1.54, 1.807) is 24.3 Å². The molecular weight excluding hydrogens is 422 g/mol. The summed E-state index contributed by atoms with van der Waals surface area (Å²) < 4.78 is 10.8. The van der Waals surface area contributed by atoms with Gasteiger partial charge in [0.25, 0.3) is 16.8 Å². The number of nitrogens with zero attached hydrogens (tertiary/aromatic N) is 3. The van der Waals surface area contributed by atoms with Gasteiger partial charge in [-0.05, 0) is 41.6 Å². The van der Waals surface area contributed by atoms with E-state index in [-0.39, 0.29) is 21.7 Å². The smallest absolute Gasteiger partial charge is 0.342 e. The van der Waals surface area contributed by atoms with Gasteiger partial charge in [0.15, 0.2) is 0 Å². The number of thioether (sulfide) groups is 1. The molecule has 0 amide bonds. The molecule has 0 aliphatic carbocycles. The molecule has 11 heteroatoms. The molecule has 2 aromatic carbocycles. The molecule has 0 unspecified atom stereocenters. The molecule has 1 aromatic heterocycles. The molecule has 3 rings (SSSR count). The number of aromatic nitrogens is 2. The number of carboxylic acid groups (broad SMARTS) is 1. The van der Waals surface area contributed by atoms with Crippen LogP contribution in [0.25, 0.3) is 17.5 Å². The lowest BCUT2D eigenvalue weighted by atomic mass is 10.2. The minimum atomic E-state index is -1.25. The third-order valence-corrected chi connectivity index (χ3v) is 4.67. The van der Waals surface area contributed by atoms with Crippen LogP contribution in [0.5, 0.6) is 5.75 Å². The van der Waals surface area contributed by atoms with Crippen LogP contribution in [0.3, 0.4) is 0 Å². The van der Waals surface area contributed by atoms with Crippen LogP contribution < -0.4 is 4.74 Å². The van der Waals surface area contributed by atoms with E-state index in [4.69, 9.17) is 20.8 Å². The summed E-state index contributed by atoms with van der Waals surface area (Å²) in [5.74, 6) is -0.686. The fraction of sp³-hybridized carbons (Fsp3) is 0.0556. The molecule has 29 heavy (non-hydrogen) atoms. The zero-order valence-corrected chi connectivity index (χ0v) is 16.3. The predicted octanol–water partition coefficient (Wildman–Crippen LogP) is 4.52. The number of non-ortho nitro benzene ring substituents is 1. The van der Waals surface area contributed by atoms with Crippen LogP contribution in [-0.4, -0.2) is 33.3 Å². The molecule has 0 aliphatic heterocycles. The molecule has 0 fully saturated rings. The Bertz CT molecular complexity index is 1110. The standard InChI is InChI=1S/C18H12ClN3O6S/c1-27-14-6-5-11(19)9-13(14)16-20-21-18(28-16)29-15(17(23)24)8-10-3-2-4-12(7-10)22(25)26/h2-9H,1H3,(H,23,24)/b15-8-. The number of nitro benzene ring substituents is 1. The van der Waals surface area contributed by atoms with E-state index >= 15 is 0 Å². The molecule has 0 spiro atoms. The van der Waals surface area contributed by atoms with Crippen LogP contribution in [0.15, 0.2) is 57.0 Å². The molecule has 1 N–H and O–H groups in total. The van der Waals surface area contributed by atoms with Gasteiger partial charge in [-0.1, -0.05) is 23.7 Å². The summed E-state index contributed by atoms with van der Waals surface area (Å²) in [6, 6.07) is 10.4. The van der Waals surface area contributed by atoms with Crippen molar-refractivity contribution in [3.63, 3.8) is 0 Å². The first-order chi connectivity index (χ1) is 13.9. The molecule has 3 aromatic rings. The first-order valence-electron chi connectivity index (χ1n) is 7.92. The minimum Gasteiger partial charge on any atom is -0.496 e. The van der Waals surface area contributed by atoms with Crippen LogP contribution in [0.4, 0.5) is 5.69 Å². The third-order valence-electron chi connectivity index (χ3n) is 3.59. The second kappa shape index (κ2) is 8.76. The van der Waals surface area contributed by atoms with Gasteiger partial charge in [-0.3, -0.25) is 10.1 Å².